The normalized spacial score (nSPS) is 22.2. The van der Waals surface area contributed by atoms with E-state index in [2.05, 4.69) is 37.9 Å². The van der Waals surface area contributed by atoms with Gasteiger partial charge in [0, 0.05) is 43.0 Å². The van der Waals surface area contributed by atoms with Gasteiger partial charge in [-0.15, -0.1) is 11.3 Å². The highest BCUT2D eigenvalue weighted by atomic mass is 32.1. The van der Waals surface area contributed by atoms with Crippen molar-refractivity contribution < 1.29 is 19.5 Å². The zero-order chi connectivity index (χ0) is 36.8. The maximum absolute atomic E-state index is 13.9. The van der Waals surface area contributed by atoms with Gasteiger partial charge in [-0.2, -0.15) is 0 Å². The van der Waals surface area contributed by atoms with Gasteiger partial charge in [0.15, 0.2) is 5.82 Å². The molecule has 0 bridgehead atoms. The number of amides is 2. The summed E-state index contributed by atoms with van der Waals surface area (Å²) in [5.74, 6) is 1.32. The molecular weight excluding hydrogens is 671 g/mol. The van der Waals surface area contributed by atoms with Crippen LogP contribution in [-0.4, -0.2) is 70.0 Å². The van der Waals surface area contributed by atoms with E-state index in [4.69, 9.17) is 9.97 Å². The van der Waals surface area contributed by atoms with Gasteiger partial charge in [0.1, 0.15) is 6.04 Å². The van der Waals surface area contributed by atoms with Crippen LogP contribution >= 0.6 is 11.3 Å². The Labute approximate surface area is 313 Å². The zero-order valence-electron chi connectivity index (χ0n) is 31.5. The molecule has 2 atom stereocenters. The fraction of sp³-hybridized carbons (Fsp3) is 0.595. The van der Waals surface area contributed by atoms with Crippen LogP contribution in [0.3, 0.4) is 0 Å². The van der Waals surface area contributed by atoms with Gasteiger partial charge in [-0.25, -0.2) is 9.97 Å². The lowest BCUT2D eigenvalue weighted by molar-refractivity contribution is -0.146. The van der Waals surface area contributed by atoms with Crippen LogP contribution in [0.25, 0.3) is 11.4 Å². The number of carboxylic acids is 1. The SMILES string of the molecule is CCC[C@H]1CC[C@H](C2CCN(c3cnc(-c4ccc(C[C@H](NC(=O)c5ccc(C(C)(C)C)s5)C(=O)N5CCC[C@H](C(=O)O)C5)cc4)nc3)CC2)CC1. The van der Waals surface area contributed by atoms with Crippen LogP contribution < -0.4 is 10.2 Å². The summed E-state index contributed by atoms with van der Waals surface area (Å²) in [6, 6.07) is 10.8. The molecule has 2 aliphatic heterocycles. The van der Waals surface area contributed by atoms with Crippen molar-refractivity contribution in [3.8, 4) is 11.4 Å². The zero-order valence-corrected chi connectivity index (χ0v) is 32.3. The lowest BCUT2D eigenvalue weighted by Crippen LogP contribution is -2.52. The molecule has 10 heteroatoms. The lowest BCUT2D eigenvalue weighted by atomic mass is 9.72. The molecule has 52 heavy (non-hydrogen) atoms. The molecule has 1 saturated carbocycles. The van der Waals surface area contributed by atoms with E-state index >= 15 is 0 Å². The number of piperidine rings is 2. The molecule has 9 nitrogen and oxygen atoms in total. The van der Waals surface area contributed by atoms with Crippen molar-refractivity contribution in [1.29, 1.82) is 0 Å². The van der Waals surface area contributed by atoms with E-state index in [9.17, 15) is 19.5 Å². The number of rotatable bonds is 11. The molecule has 1 aliphatic carbocycles. The molecule has 0 spiro atoms. The van der Waals surface area contributed by atoms with Crippen LogP contribution in [0.1, 0.15) is 112 Å². The van der Waals surface area contributed by atoms with E-state index < -0.39 is 17.9 Å². The maximum atomic E-state index is 13.9. The number of likely N-dealkylation sites (tertiary alicyclic amines) is 1. The minimum absolute atomic E-state index is 0.0896. The standard InChI is InChI=1S/C42H57N5O4S/c1-5-7-28-9-13-30(14-10-28)31-19-22-46(23-20-31)34-25-43-38(44-26-34)32-15-11-29(12-16-32)24-35(40(49)47-21-6-8-33(27-47)41(50)51)45-39(48)36-17-18-37(52-36)42(2,3)4/h11-12,15-18,25-26,28,30-31,33,35H,5-10,13-14,19-24,27H2,1-4H3,(H,45,48)(H,50,51)/t28-,30-,33-,35-/m0/s1. The Hall–Kier alpha value is -3.79. The number of hydrogen-bond acceptors (Lipinski definition) is 7. The Kier molecular flexibility index (Phi) is 12.3. The number of hydrogen-bond donors (Lipinski definition) is 2. The van der Waals surface area contributed by atoms with Crippen molar-refractivity contribution in [2.45, 2.75) is 110 Å². The monoisotopic (exact) mass is 727 g/mol. The summed E-state index contributed by atoms with van der Waals surface area (Å²) in [6.07, 6.45) is 16.2. The summed E-state index contributed by atoms with van der Waals surface area (Å²) in [7, 11) is 0. The van der Waals surface area contributed by atoms with Crippen molar-refractivity contribution in [1.82, 2.24) is 20.2 Å². The first kappa shape index (κ1) is 38.0. The lowest BCUT2D eigenvalue weighted by Gasteiger charge is -2.39. The van der Waals surface area contributed by atoms with E-state index in [1.807, 2.05) is 48.8 Å². The van der Waals surface area contributed by atoms with Crippen molar-refractivity contribution in [2.75, 3.05) is 31.1 Å². The number of carboxylic acid groups (broad SMARTS) is 1. The van der Waals surface area contributed by atoms with E-state index in [-0.39, 0.29) is 30.2 Å². The number of carbonyl (C=O) groups is 3. The Bertz CT molecular complexity index is 1650. The number of carbonyl (C=O) groups excluding carboxylic acids is 2. The largest absolute Gasteiger partial charge is 0.481 e. The molecule has 0 radical (unpaired) electrons. The highest BCUT2D eigenvalue weighted by Gasteiger charge is 2.34. The Balaban J connectivity index is 1.08. The van der Waals surface area contributed by atoms with Gasteiger partial charge < -0.3 is 20.2 Å². The van der Waals surface area contributed by atoms with E-state index in [0.717, 1.165) is 52.5 Å². The van der Waals surface area contributed by atoms with Gasteiger partial charge in [-0.05, 0) is 79.4 Å². The van der Waals surface area contributed by atoms with Crippen molar-refractivity contribution in [2.24, 2.45) is 23.7 Å². The third-order valence-electron chi connectivity index (χ3n) is 11.7. The predicted molar refractivity (Wildman–Crippen MR) is 208 cm³/mol. The van der Waals surface area contributed by atoms with E-state index in [0.29, 0.717) is 30.1 Å². The second-order valence-corrected chi connectivity index (χ2v) is 17.5. The fourth-order valence-electron chi connectivity index (χ4n) is 8.54. The number of nitrogens with one attached hydrogen (secondary N) is 1. The summed E-state index contributed by atoms with van der Waals surface area (Å²) in [4.78, 5) is 54.2. The van der Waals surface area contributed by atoms with Crippen molar-refractivity contribution >= 4 is 34.8 Å². The number of anilines is 1. The smallest absolute Gasteiger partial charge is 0.308 e. The number of aromatic nitrogens is 2. The Morgan fingerprint density at radius 1 is 0.904 bits per heavy atom. The average Bonchev–Trinajstić information content (AvgIpc) is 3.67. The third kappa shape index (κ3) is 9.41. The number of nitrogens with zero attached hydrogens (tertiary/aromatic N) is 4. The van der Waals surface area contributed by atoms with Crippen LogP contribution in [0.4, 0.5) is 5.69 Å². The van der Waals surface area contributed by atoms with Crippen LogP contribution in [0.15, 0.2) is 48.8 Å². The molecule has 0 unspecified atom stereocenters. The van der Waals surface area contributed by atoms with Crippen LogP contribution in [0.5, 0.6) is 0 Å². The van der Waals surface area contributed by atoms with Gasteiger partial charge in [0.05, 0.1) is 28.9 Å². The molecule has 4 heterocycles. The summed E-state index contributed by atoms with van der Waals surface area (Å²) in [5.41, 5.74) is 2.75. The van der Waals surface area contributed by atoms with Crippen molar-refractivity contribution in [3.05, 3.63) is 64.1 Å². The molecule has 1 aromatic carbocycles. The van der Waals surface area contributed by atoms with Gasteiger partial charge >= 0.3 is 5.97 Å². The first-order valence-corrected chi connectivity index (χ1v) is 20.4. The Morgan fingerprint density at radius 3 is 2.19 bits per heavy atom. The molecular formula is C42H57N5O4S. The molecule has 3 aromatic rings. The summed E-state index contributed by atoms with van der Waals surface area (Å²) >= 11 is 1.43. The molecule has 3 aliphatic rings. The molecule has 2 amide bonds. The molecule has 3 fully saturated rings. The summed E-state index contributed by atoms with van der Waals surface area (Å²) in [5, 5.41) is 12.6. The first-order chi connectivity index (χ1) is 25.0. The third-order valence-corrected chi connectivity index (χ3v) is 13.2. The van der Waals surface area contributed by atoms with E-state index in [1.54, 1.807) is 4.90 Å². The maximum Gasteiger partial charge on any atom is 0.308 e. The quantitative estimate of drug-likeness (QED) is 0.206. The molecule has 2 aromatic heterocycles. The van der Waals surface area contributed by atoms with E-state index in [1.165, 1.54) is 62.7 Å². The molecule has 2 N–H and O–H groups in total. The van der Waals surface area contributed by atoms with Crippen LogP contribution in [0, 0.1) is 23.7 Å². The second kappa shape index (κ2) is 16.9. The fourth-order valence-corrected chi connectivity index (χ4v) is 9.50. The Morgan fingerprint density at radius 2 is 1.58 bits per heavy atom. The number of aliphatic carboxylic acids is 1. The summed E-state index contributed by atoms with van der Waals surface area (Å²) in [6.45, 7) is 11.4. The second-order valence-electron chi connectivity index (χ2n) is 16.5. The predicted octanol–water partition coefficient (Wildman–Crippen LogP) is 7.99. The number of benzene rings is 1. The van der Waals surface area contributed by atoms with Crippen molar-refractivity contribution in [3.63, 3.8) is 0 Å². The van der Waals surface area contributed by atoms with Gasteiger partial charge in [0.2, 0.25) is 5.91 Å². The molecule has 2 saturated heterocycles. The highest BCUT2D eigenvalue weighted by Crippen LogP contribution is 2.40. The average molecular weight is 728 g/mol. The topological polar surface area (TPSA) is 116 Å². The van der Waals surface area contributed by atoms with Gasteiger partial charge in [-0.1, -0.05) is 77.6 Å². The number of thiophene rings is 1. The molecule has 280 valence electrons. The first-order valence-electron chi connectivity index (χ1n) is 19.6. The molecule has 6 rings (SSSR count). The minimum Gasteiger partial charge on any atom is -0.481 e. The van der Waals surface area contributed by atoms with Gasteiger partial charge in [0.25, 0.3) is 5.91 Å². The van der Waals surface area contributed by atoms with Crippen LogP contribution in [0.2, 0.25) is 0 Å². The highest BCUT2D eigenvalue weighted by molar-refractivity contribution is 7.14. The summed E-state index contributed by atoms with van der Waals surface area (Å²) < 4.78 is 0. The minimum atomic E-state index is -0.892. The van der Waals surface area contributed by atoms with Gasteiger partial charge in [-0.3, -0.25) is 14.4 Å². The van der Waals surface area contributed by atoms with Crippen LogP contribution in [-0.2, 0) is 21.4 Å².